The standard InChI is InChI=1S/C30H32Br2F3N5O.H2/c31-25-7-3-22(4-8-25)20-38-11-9-26(10-12-38)39-13-15-40(16-14-39)28-27(32)17-23(19-36-28)29(41)37-18-21-1-5-24(6-2-21)30(33,34)35;/h1-8,17,19,26H,9-16,18,20H2,(H,37,41);1H. The molecule has 2 aliphatic rings. The van der Waals surface area contributed by atoms with Crippen molar-refractivity contribution in [3.63, 3.8) is 0 Å². The van der Waals surface area contributed by atoms with Gasteiger partial charge in [0.2, 0.25) is 0 Å². The third-order valence-electron chi connectivity index (χ3n) is 7.83. The van der Waals surface area contributed by atoms with Crippen LogP contribution in [0.4, 0.5) is 19.0 Å². The van der Waals surface area contributed by atoms with Crippen LogP contribution < -0.4 is 10.2 Å². The van der Waals surface area contributed by atoms with E-state index in [0.29, 0.717) is 17.2 Å². The Morgan fingerprint density at radius 2 is 1.56 bits per heavy atom. The van der Waals surface area contributed by atoms with E-state index in [1.165, 1.54) is 30.5 Å². The number of piperidine rings is 1. The predicted molar refractivity (Wildman–Crippen MR) is 163 cm³/mol. The molecule has 220 valence electrons. The fourth-order valence-corrected chi connectivity index (χ4v) is 6.34. The van der Waals surface area contributed by atoms with E-state index in [1.807, 2.05) is 0 Å². The maximum absolute atomic E-state index is 12.8. The lowest BCUT2D eigenvalue weighted by molar-refractivity contribution is -0.137. The second-order valence-electron chi connectivity index (χ2n) is 10.6. The van der Waals surface area contributed by atoms with Gasteiger partial charge in [0.1, 0.15) is 5.82 Å². The Kier molecular flexibility index (Phi) is 9.68. The molecule has 0 atom stereocenters. The number of halogens is 5. The molecule has 1 aromatic heterocycles. The maximum Gasteiger partial charge on any atom is 0.416 e. The summed E-state index contributed by atoms with van der Waals surface area (Å²) in [6.07, 6.45) is -0.480. The number of aromatic nitrogens is 1. The third-order valence-corrected chi connectivity index (χ3v) is 8.94. The molecule has 0 saturated carbocycles. The number of rotatable bonds is 7. The molecule has 2 aromatic carbocycles. The molecule has 0 aliphatic carbocycles. The van der Waals surface area contributed by atoms with Crippen molar-refractivity contribution in [1.82, 2.24) is 20.1 Å². The van der Waals surface area contributed by atoms with E-state index in [0.717, 1.165) is 72.7 Å². The van der Waals surface area contributed by atoms with Gasteiger partial charge in [-0.2, -0.15) is 13.2 Å². The highest BCUT2D eigenvalue weighted by Crippen LogP contribution is 2.30. The van der Waals surface area contributed by atoms with Gasteiger partial charge in [-0.1, -0.05) is 40.2 Å². The van der Waals surface area contributed by atoms with Gasteiger partial charge >= 0.3 is 6.18 Å². The van der Waals surface area contributed by atoms with Gasteiger partial charge in [-0.15, -0.1) is 0 Å². The first-order valence-electron chi connectivity index (χ1n) is 13.7. The van der Waals surface area contributed by atoms with Crippen LogP contribution in [0, 0.1) is 0 Å². The Balaban J connectivity index is 0.00000405. The first-order valence-corrected chi connectivity index (χ1v) is 15.3. The lowest BCUT2D eigenvalue weighted by Crippen LogP contribution is -2.53. The molecule has 41 heavy (non-hydrogen) atoms. The summed E-state index contributed by atoms with van der Waals surface area (Å²) in [5.41, 5.74) is 1.61. The summed E-state index contributed by atoms with van der Waals surface area (Å²) < 4.78 is 40.1. The molecule has 11 heteroatoms. The highest BCUT2D eigenvalue weighted by atomic mass is 79.9. The SMILES string of the molecule is O=C(NCc1ccc(C(F)(F)F)cc1)c1cnc(N2CCN(C3CCN(Cc4ccc(Br)cc4)CC3)CC2)c(Br)c1.[HH]. The van der Waals surface area contributed by atoms with Gasteiger partial charge in [0.15, 0.2) is 0 Å². The van der Waals surface area contributed by atoms with Gasteiger partial charge in [0.05, 0.1) is 15.6 Å². The molecular formula is C30H34Br2F3N5O. The lowest BCUT2D eigenvalue weighted by Gasteiger charge is -2.43. The molecule has 0 unspecified atom stereocenters. The van der Waals surface area contributed by atoms with Gasteiger partial charge in [-0.25, -0.2) is 4.98 Å². The molecule has 1 N–H and O–H groups in total. The first-order chi connectivity index (χ1) is 19.7. The molecule has 3 heterocycles. The third kappa shape index (κ3) is 7.88. The fourth-order valence-electron chi connectivity index (χ4n) is 5.47. The van der Waals surface area contributed by atoms with Crippen LogP contribution in [-0.4, -0.2) is 66.0 Å². The number of amides is 1. The Hall–Kier alpha value is -2.47. The highest BCUT2D eigenvalue weighted by molar-refractivity contribution is 9.10. The van der Waals surface area contributed by atoms with Gasteiger partial charge in [-0.3, -0.25) is 14.6 Å². The summed E-state index contributed by atoms with van der Waals surface area (Å²) in [5, 5.41) is 2.75. The monoisotopic (exact) mass is 695 g/mol. The number of carbonyl (C=O) groups is 1. The van der Waals surface area contributed by atoms with Crippen LogP contribution in [-0.2, 0) is 19.3 Å². The largest absolute Gasteiger partial charge is 0.416 e. The minimum absolute atomic E-state index is 0. The summed E-state index contributed by atoms with van der Waals surface area (Å²) in [6, 6.07) is 15.7. The summed E-state index contributed by atoms with van der Waals surface area (Å²) in [7, 11) is 0. The first kappa shape index (κ1) is 30.0. The zero-order chi connectivity index (χ0) is 29.0. The summed E-state index contributed by atoms with van der Waals surface area (Å²) in [5.74, 6) is 0.481. The number of carbonyl (C=O) groups excluding carboxylic acids is 1. The molecule has 2 fully saturated rings. The van der Waals surface area contributed by atoms with Gasteiger partial charge in [-0.05, 0) is 83.3 Å². The number of likely N-dealkylation sites (tertiary alicyclic amines) is 1. The molecule has 0 spiro atoms. The van der Waals surface area contributed by atoms with Crippen LogP contribution in [0.15, 0.2) is 69.7 Å². The number of nitrogens with one attached hydrogen (secondary N) is 1. The van der Waals surface area contributed by atoms with E-state index in [9.17, 15) is 18.0 Å². The number of hydrogen-bond acceptors (Lipinski definition) is 5. The molecular weight excluding hydrogens is 663 g/mol. The summed E-state index contributed by atoms with van der Waals surface area (Å²) in [4.78, 5) is 24.6. The minimum Gasteiger partial charge on any atom is -0.353 e. The Morgan fingerprint density at radius 1 is 0.927 bits per heavy atom. The Labute approximate surface area is 256 Å². The highest BCUT2D eigenvalue weighted by Gasteiger charge is 2.30. The molecule has 2 aliphatic heterocycles. The summed E-state index contributed by atoms with van der Waals surface area (Å²) in [6.45, 7) is 7.01. The maximum atomic E-state index is 12.8. The lowest BCUT2D eigenvalue weighted by atomic mass is 10.0. The number of nitrogens with zero attached hydrogens (tertiary/aromatic N) is 4. The van der Waals surface area contributed by atoms with Gasteiger partial charge in [0, 0.05) is 57.4 Å². The Morgan fingerprint density at radius 3 is 2.17 bits per heavy atom. The van der Waals surface area contributed by atoms with E-state index in [4.69, 9.17) is 0 Å². The van der Waals surface area contributed by atoms with Crippen molar-refractivity contribution in [3.05, 3.63) is 92.0 Å². The second kappa shape index (κ2) is 13.2. The van der Waals surface area contributed by atoms with E-state index in [-0.39, 0.29) is 13.9 Å². The van der Waals surface area contributed by atoms with Gasteiger partial charge in [0.25, 0.3) is 5.91 Å². The fraction of sp³-hybridized carbons (Fsp3) is 0.400. The Bertz CT molecular complexity index is 1330. The normalized spacial score (nSPS) is 17.5. The molecule has 0 bridgehead atoms. The van der Waals surface area contributed by atoms with Crippen molar-refractivity contribution in [3.8, 4) is 0 Å². The number of benzene rings is 2. The number of piperazine rings is 1. The summed E-state index contributed by atoms with van der Waals surface area (Å²) >= 11 is 7.09. The smallest absolute Gasteiger partial charge is 0.353 e. The molecule has 5 rings (SSSR count). The number of hydrogen-bond donors (Lipinski definition) is 1. The number of pyridine rings is 1. The van der Waals surface area contributed by atoms with E-state index < -0.39 is 11.7 Å². The average molecular weight is 697 g/mol. The molecule has 6 nitrogen and oxygen atoms in total. The van der Waals surface area contributed by atoms with Crippen LogP contribution >= 0.6 is 31.9 Å². The minimum atomic E-state index is -4.38. The van der Waals surface area contributed by atoms with Crippen molar-refractivity contribution in [1.29, 1.82) is 0 Å². The van der Waals surface area contributed by atoms with Crippen LogP contribution in [0.25, 0.3) is 0 Å². The molecule has 3 aromatic rings. The molecule has 0 radical (unpaired) electrons. The second-order valence-corrected chi connectivity index (χ2v) is 12.3. The van der Waals surface area contributed by atoms with Crippen LogP contribution in [0.2, 0.25) is 0 Å². The van der Waals surface area contributed by atoms with Crippen LogP contribution in [0.3, 0.4) is 0 Å². The number of anilines is 1. The van der Waals surface area contributed by atoms with Crippen molar-refractivity contribution in [2.75, 3.05) is 44.2 Å². The number of alkyl halides is 3. The van der Waals surface area contributed by atoms with Crippen molar-refractivity contribution in [2.24, 2.45) is 0 Å². The average Bonchev–Trinajstić information content (AvgIpc) is 2.97. The van der Waals surface area contributed by atoms with Crippen LogP contribution in [0.5, 0.6) is 0 Å². The van der Waals surface area contributed by atoms with E-state index in [2.05, 4.69) is 81.1 Å². The van der Waals surface area contributed by atoms with Crippen molar-refractivity contribution in [2.45, 2.75) is 38.1 Å². The zero-order valence-corrected chi connectivity index (χ0v) is 25.7. The quantitative estimate of drug-likeness (QED) is 0.302. The molecule has 2 saturated heterocycles. The topological polar surface area (TPSA) is 51.7 Å². The van der Waals surface area contributed by atoms with Crippen molar-refractivity contribution >= 4 is 43.6 Å². The zero-order valence-electron chi connectivity index (χ0n) is 22.5. The predicted octanol–water partition coefficient (Wildman–Crippen LogP) is 6.59. The van der Waals surface area contributed by atoms with Gasteiger partial charge < -0.3 is 10.2 Å². The van der Waals surface area contributed by atoms with E-state index in [1.54, 1.807) is 12.3 Å². The molecule has 1 amide bonds. The van der Waals surface area contributed by atoms with Crippen LogP contribution in [0.1, 0.15) is 41.3 Å². The van der Waals surface area contributed by atoms with Crippen molar-refractivity contribution < 1.29 is 19.4 Å². The van der Waals surface area contributed by atoms with E-state index >= 15 is 0 Å².